The van der Waals surface area contributed by atoms with Gasteiger partial charge >= 0.3 is 6.03 Å². The lowest BCUT2D eigenvalue weighted by molar-refractivity contribution is -0.384. The quantitative estimate of drug-likeness (QED) is 0.659. The monoisotopic (exact) mass is 298 g/mol. The van der Waals surface area contributed by atoms with Gasteiger partial charge in [-0.1, -0.05) is 11.6 Å². The maximum Gasteiger partial charge on any atom is 0.314 e. The Labute approximate surface area is 120 Å². The fourth-order valence-electron chi connectivity index (χ4n) is 2.24. The molecule has 0 unspecified atom stereocenters. The highest BCUT2D eigenvalue weighted by Crippen LogP contribution is 2.29. The number of hydrogen-bond acceptors (Lipinski definition) is 4. The molecular formula is C12H15ClN4O3. The van der Waals surface area contributed by atoms with E-state index in [0.29, 0.717) is 36.6 Å². The Hall–Kier alpha value is -2.02. The third-order valence-electron chi connectivity index (χ3n) is 3.32. The molecule has 1 saturated heterocycles. The average molecular weight is 299 g/mol. The average Bonchev–Trinajstić information content (AvgIpc) is 2.41. The Morgan fingerprint density at radius 1 is 1.45 bits per heavy atom. The van der Waals surface area contributed by atoms with Crippen molar-refractivity contribution in [2.45, 2.75) is 18.9 Å². The van der Waals surface area contributed by atoms with E-state index in [1.807, 2.05) is 0 Å². The van der Waals surface area contributed by atoms with Crippen molar-refractivity contribution in [3.63, 3.8) is 0 Å². The minimum absolute atomic E-state index is 0.0465. The third-order valence-corrected chi connectivity index (χ3v) is 3.56. The molecular weight excluding hydrogens is 284 g/mol. The molecule has 1 aromatic carbocycles. The summed E-state index contributed by atoms with van der Waals surface area (Å²) in [7, 11) is 0. The first-order valence-electron chi connectivity index (χ1n) is 6.22. The molecule has 1 aromatic rings. The van der Waals surface area contributed by atoms with Crippen LogP contribution in [0.25, 0.3) is 0 Å². The lowest BCUT2D eigenvalue weighted by atomic mass is 10.0. The van der Waals surface area contributed by atoms with Crippen LogP contribution >= 0.6 is 11.6 Å². The van der Waals surface area contributed by atoms with Crippen molar-refractivity contribution >= 4 is 29.0 Å². The number of nitrogens with one attached hydrogen (secondary N) is 1. The number of rotatable bonds is 3. The van der Waals surface area contributed by atoms with Crippen LogP contribution in [-0.2, 0) is 0 Å². The van der Waals surface area contributed by atoms with Crippen molar-refractivity contribution in [2.75, 3.05) is 18.4 Å². The van der Waals surface area contributed by atoms with Crippen LogP contribution in [-0.4, -0.2) is 35.0 Å². The first-order valence-corrected chi connectivity index (χ1v) is 6.60. The van der Waals surface area contributed by atoms with E-state index < -0.39 is 11.0 Å². The SMILES string of the molecule is NC(=O)N1CCC(Nc2ccc(Cl)cc2[N+](=O)[O-])CC1. The number of amides is 2. The lowest BCUT2D eigenvalue weighted by Crippen LogP contribution is -2.44. The molecule has 1 fully saturated rings. The van der Waals surface area contributed by atoms with E-state index in [2.05, 4.69) is 5.32 Å². The van der Waals surface area contributed by atoms with E-state index in [1.54, 1.807) is 17.0 Å². The molecule has 2 amide bonds. The van der Waals surface area contributed by atoms with Gasteiger partial charge in [0.25, 0.3) is 5.69 Å². The topological polar surface area (TPSA) is 102 Å². The van der Waals surface area contributed by atoms with E-state index in [4.69, 9.17) is 17.3 Å². The minimum atomic E-state index is -0.466. The van der Waals surface area contributed by atoms with E-state index in [0.717, 1.165) is 0 Å². The number of nitro groups is 1. The first kappa shape index (κ1) is 14.4. The van der Waals surface area contributed by atoms with Gasteiger partial charge in [0.1, 0.15) is 5.69 Å². The number of nitrogens with zero attached hydrogens (tertiary/aromatic N) is 2. The van der Waals surface area contributed by atoms with Crippen LogP contribution in [0.4, 0.5) is 16.2 Å². The normalized spacial score (nSPS) is 15.9. The molecule has 0 radical (unpaired) electrons. The fraction of sp³-hybridized carbons (Fsp3) is 0.417. The largest absolute Gasteiger partial charge is 0.377 e. The molecule has 1 aliphatic rings. The van der Waals surface area contributed by atoms with Gasteiger partial charge in [-0.05, 0) is 25.0 Å². The number of likely N-dealkylation sites (tertiary alicyclic amines) is 1. The fourth-order valence-corrected chi connectivity index (χ4v) is 2.41. The molecule has 0 saturated carbocycles. The van der Waals surface area contributed by atoms with Crippen LogP contribution in [0.5, 0.6) is 0 Å². The summed E-state index contributed by atoms with van der Waals surface area (Å²) < 4.78 is 0. The number of nitro benzene ring substituents is 1. The molecule has 0 atom stereocenters. The molecule has 0 aliphatic carbocycles. The van der Waals surface area contributed by atoms with Gasteiger partial charge in [0, 0.05) is 30.2 Å². The summed E-state index contributed by atoms with van der Waals surface area (Å²) in [4.78, 5) is 23.1. The molecule has 1 aliphatic heterocycles. The number of primary amides is 1. The van der Waals surface area contributed by atoms with Crippen LogP contribution in [0.3, 0.4) is 0 Å². The van der Waals surface area contributed by atoms with Gasteiger partial charge in [0.15, 0.2) is 0 Å². The van der Waals surface area contributed by atoms with Crippen molar-refractivity contribution in [3.05, 3.63) is 33.3 Å². The number of nitrogens with two attached hydrogens (primary N) is 1. The molecule has 3 N–H and O–H groups in total. The number of carbonyl (C=O) groups is 1. The summed E-state index contributed by atoms with van der Waals surface area (Å²) in [5.41, 5.74) is 5.60. The number of piperidine rings is 1. The molecule has 108 valence electrons. The number of hydrogen-bond donors (Lipinski definition) is 2. The lowest BCUT2D eigenvalue weighted by Gasteiger charge is -2.31. The Morgan fingerprint density at radius 2 is 2.10 bits per heavy atom. The van der Waals surface area contributed by atoms with Gasteiger partial charge in [-0.2, -0.15) is 0 Å². The standard InChI is InChI=1S/C12H15ClN4O3/c13-8-1-2-10(11(7-8)17(19)20)15-9-3-5-16(6-4-9)12(14)18/h1-2,7,9,15H,3-6H2,(H2,14,18). The second kappa shape index (κ2) is 5.96. The molecule has 2 rings (SSSR count). The van der Waals surface area contributed by atoms with Crippen molar-refractivity contribution < 1.29 is 9.72 Å². The highest BCUT2D eigenvalue weighted by Gasteiger charge is 2.23. The summed E-state index contributed by atoms with van der Waals surface area (Å²) >= 11 is 5.77. The number of benzene rings is 1. The van der Waals surface area contributed by atoms with Crippen LogP contribution in [0, 0.1) is 10.1 Å². The second-order valence-corrected chi connectivity index (χ2v) is 5.10. The maximum absolute atomic E-state index is 11.0. The van der Waals surface area contributed by atoms with E-state index in [-0.39, 0.29) is 11.7 Å². The molecule has 8 heteroatoms. The van der Waals surface area contributed by atoms with E-state index in [1.165, 1.54) is 6.07 Å². The van der Waals surface area contributed by atoms with Crippen molar-refractivity contribution in [1.29, 1.82) is 0 Å². The van der Waals surface area contributed by atoms with Crippen LogP contribution in [0.2, 0.25) is 5.02 Å². The summed E-state index contributed by atoms with van der Waals surface area (Å²) in [5.74, 6) is 0. The van der Waals surface area contributed by atoms with Gasteiger partial charge in [-0.3, -0.25) is 10.1 Å². The van der Waals surface area contributed by atoms with E-state index in [9.17, 15) is 14.9 Å². The molecule has 7 nitrogen and oxygen atoms in total. The molecule has 0 bridgehead atoms. The second-order valence-electron chi connectivity index (χ2n) is 4.66. The van der Waals surface area contributed by atoms with Crippen molar-refractivity contribution in [1.82, 2.24) is 4.90 Å². The van der Waals surface area contributed by atoms with E-state index >= 15 is 0 Å². The minimum Gasteiger partial charge on any atom is -0.377 e. The number of halogens is 1. The first-order chi connectivity index (χ1) is 9.47. The number of urea groups is 1. The van der Waals surface area contributed by atoms with Gasteiger partial charge in [0.2, 0.25) is 0 Å². The summed E-state index contributed by atoms with van der Waals surface area (Å²) in [6.07, 6.45) is 1.39. The zero-order chi connectivity index (χ0) is 14.7. The molecule has 1 heterocycles. The predicted molar refractivity (Wildman–Crippen MR) is 75.9 cm³/mol. The Kier molecular flexibility index (Phi) is 4.29. The van der Waals surface area contributed by atoms with Gasteiger partial charge in [-0.25, -0.2) is 4.79 Å². The predicted octanol–water partition coefficient (Wildman–Crippen LogP) is 2.20. The highest BCUT2D eigenvalue weighted by molar-refractivity contribution is 6.30. The van der Waals surface area contributed by atoms with Crippen molar-refractivity contribution in [2.24, 2.45) is 5.73 Å². The number of anilines is 1. The Balaban J connectivity index is 2.04. The van der Waals surface area contributed by atoms with Gasteiger partial charge < -0.3 is 16.0 Å². The van der Waals surface area contributed by atoms with Gasteiger partial charge in [0.05, 0.1) is 4.92 Å². The zero-order valence-corrected chi connectivity index (χ0v) is 11.5. The maximum atomic E-state index is 11.0. The van der Waals surface area contributed by atoms with Crippen LogP contribution in [0.1, 0.15) is 12.8 Å². The third kappa shape index (κ3) is 3.30. The zero-order valence-electron chi connectivity index (χ0n) is 10.7. The Bertz CT molecular complexity index is 529. The number of carbonyl (C=O) groups excluding carboxylic acids is 1. The van der Waals surface area contributed by atoms with Crippen LogP contribution < -0.4 is 11.1 Å². The highest BCUT2D eigenvalue weighted by atomic mass is 35.5. The molecule has 20 heavy (non-hydrogen) atoms. The van der Waals surface area contributed by atoms with Crippen LogP contribution in [0.15, 0.2) is 18.2 Å². The van der Waals surface area contributed by atoms with Crippen molar-refractivity contribution in [3.8, 4) is 0 Å². The summed E-state index contributed by atoms with van der Waals surface area (Å²) in [6, 6.07) is 4.17. The summed E-state index contributed by atoms with van der Waals surface area (Å²) in [6.45, 7) is 1.10. The molecule has 0 aromatic heterocycles. The Morgan fingerprint density at radius 3 is 2.65 bits per heavy atom. The summed E-state index contributed by atoms with van der Waals surface area (Å²) in [5, 5.41) is 14.5. The smallest absolute Gasteiger partial charge is 0.314 e. The van der Waals surface area contributed by atoms with Gasteiger partial charge in [-0.15, -0.1) is 0 Å². The molecule has 0 spiro atoms.